The summed E-state index contributed by atoms with van der Waals surface area (Å²) < 4.78 is 11.1. The van der Waals surface area contributed by atoms with Crippen molar-refractivity contribution < 1.29 is 9.47 Å². The molecule has 1 unspecified atom stereocenters. The lowest BCUT2D eigenvalue weighted by molar-refractivity contribution is 0.0499. The molecule has 0 N–H and O–H groups in total. The summed E-state index contributed by atoms with van der Waals surface area (Å²) in [6.07, 6.45) is 4.12. The Balaban J connectivity index is 2.46. The minimum absolute atomic E-state index is 0.0238. The smallest absolute Gasteiger partial charge is 0.188 e. The maximum Gasteiger partial charge on any atom is 0.188 e. The van der Waals surface area contributed by atoms with Crippen LogP contribution in [0.25, 0.3) is 0 Å². The molecule has 3 nitrogen and oxygen atoms in total. The van der Waals surface area contributed by atoms with Crippen LogP contribution in [-0.4, -0.2) is 25.7 Å². The average molecular weight is 400 g/mol. The number of nitrogens with zero attached hydrogens (tertiary/aromatic N) is 1. The second-order valence-electron chi connectivity index (χ2n) is 7.98. The van der Waals surface area contributed by atoms with E-state index in [9.17, 15) is 0 Å². The van der Waals surface area contributed by atoms with Gasteiger partial charge in [0.25, 0.3) is 0 Å². The highest BCUT2D eigenvalue weighted by Crippen LogP contribution is 2.50. The third-order valence-electron chi connectivity index (χ3n) is 4.87. The molecule has 0 aliphatic rings. The van der Waals surface area contributed by atoms with Gasteiger partial charge in [0, 0.05) is 24.0 Å². The molecule has 0 spiro atoms. The van der Waals surface area contributed by atoms with Crippen LogP contribution in [-0.2, 0) is 9.89 Å². The van der Waals surface area contributed by atoms with Crippen LogP contribution in [0.3, 0.4) is 0 Å². The van der Waals surface area contributed by atoms with E-state index in [1.807, 2.05) is 18.3 Å². The van der Waals surface area contributed by atoms with Crippen molar-refractivity contribution in [1.82, 2.24) is 0 Å². The Kier molecular flexibility index (Phi) is 8.22. The molecule has 0 aromatic heterocycles. The van der Waals surface area contributed by atoms with Crippen LogP contribution >= 0.6 is 8.58 Å². The van der Waals surface area contributed by atoms with Gasteiger partial charge in [0.15, 0.2) is 6.79 Å². The fraction of sp³-hybridized carbons (Fsp3) is 0.458. The third kappa shape index (κ3) is 5.90. The van der Waals surface area contributed by atoms with Crippen molar-refractivity contribution in [1.29, 1.82) is 0 Å². The minimum Gasteiger partial charge on any atom is -0.467 e. The van der Waals surface area contributed by atoms with E-state index in [2.05, 4.69) is 71.0 Å². The highest BCUT2D eigenvalue weighted by Gasteiger charge is 2.32. The van der Waals surface area contributed by atoms with Crippen LogP contribution in [0.5, 0.6) is 5.75 Å². The molecule has 0 saturated carbocycles. The summed E-state index contributed by atoms with van der Waals surface area (Å²) in [5, 5.41) is 1.37. The Morgan fingerprint density at radius 1 is 0.964 bits per heavy atom. The fourth-order valence-corrected chi connectivity index (χ4v) is 4.91. The van der Waals surface area contributed by atoms with Gasteiger partial charge in [0.1, 0.15) is 5.75 Å². The predicted octanol–water partition coefficient (Wildman–Crippen LogP) is 5.91. The monoisotopic (exact) mass is 399 g/mol. The van der Waals surface area contributed by atoms with Crippen LogP contribution in [0.15, 0.2) is 53.5 Å². The van der Waals surface area contributed by atoms with Crippen LogP contribution in [0.4, 0.5) is 0 Å². The van der Waals surface area contributed by atoms with Crippen LogP contribution in [0.2, 0.25) is 0 Å². The van der Waals surface area contributed by atoms with Gasteiger partial charge in [-0.2, -0.15) is 0 Å². The van der Waals surface area contributed by atoms with Crippen molar-refractivity contribution in [3.63, 3.8) is 0 Å². The zero-order valence-electron chi connectivity index (χ0n) is 18.1. The van der Waals surface area contributed by atoms with E-state index >= 15 is 0 Å². The first-order valence-corrected chi connectivity index (χ1v) is 11.0. The van der Waals surface area contributed by atoms with Crippen LogP contribution in [0, 0.1) is 0 Å². The Morgan fingerprint density at radius 2 is 1.61 bits per heavy atom. The summed E-state index contributed by atoms with van der Waals surface area (Å²) in [6, 6.07) is 17.0. The van der Waals surface area contributed by atoms with Gasteiger partial charge in [0.2, 0.25) is 0 Å². The van der Waals surface area contributed by atoms with Gasteiger partial charge in [-0.15, -0.1) is 0 Å². The number of rotatable bonds is 9. The number of ether oxygens (including phenoxy) is 2. The molecule has 0 aliphatic carbocycles. The van der Waals surface area contributed by atoms with Crippen molar-refractivity contribution in [3.8, 4) is 5.75 Å². The molecule has 2 aromatic carbocycles. The van der Waals surface area contributed by atoms with Gasteiger partial charge in [-0.05, 0) is 50.5 Å². The van der Waals surface area contributed by atoms with Gasteiger partial charge >= 0.3 is 0 Å². The molecule has 0 fully saturated rings. The number of benzene rings is 2. The van der Waals surface area contributed by atoms with Crippen LogP contribution in [0.1, 0.15) is 58.6 Å². The predicted molar refractivity (Wildman–Crippen MR) is 123 cm³/mol. The topological polar surface area (TPSA) is 30.8 Å². The first kappa shape index (κ1) is 22.6. The number of hydrogen-bond donors (Lipinski definition) is 0. The first-order valence-electron chi connectivity index (χ1n) is 9.99. The Hall–Kier alpha value is -1.70. The number of methoxy groups -OCH3 is 1. The molecule has 0 bridgehead atoms. The third-order valence-corrected chi connectivity index (χ3v) is 7.05. The molecule has 28 heavy (non-hydrogen) atoms. The van der Waals surface area contributed by atoms with E-state index in [-0.39, 0.29) is 17.5 Å². The lowest BCUT2D eigenvalue weighted by Crippen LogP contribution is -2.24. The fourth-order valence-electron chi connectivity index (χ4n) is 3.23. The van der Waals surface area contributed by atoms with Crippen molar-refractivity contribution >= 4 is 20.1 Å². The normalized spacial score (nSPS) is 12.9. The molecule has 0 heterocycles. The van der Waals surface area contributed by atoms with Gasteiger partial charge in [0.05, 0.1) is 5.54 Å². The molecule has 0 radical (unpaired) electrons. The van der Waals surface area contributed by atoms with Crippen LogP contribution < -0.4 is 10.0 Å². The molecule has 152 valence electrons. The summed E-state index contributed by atoms with van der Waals surface area (Å²) >= 11 is 0. The maximum absolute atomic E-state index is 5.91. The van der Waals surface area contributed by atoms with E-state index < -0.39 is 0 Å². The van der Waals surface area contributed by atoms with E-state index in [4.69, 9.17) is 14.5 Å². The summed E-state index contributed by atoms with van der Waals surface area (Å²) in [5.41, 5.74) is 2.39. The van der Waals surface area contributed by atoms with Gasteiger partial charge in [-0.1, -0.05) is 64.9 Å². The molecule has 0 aliphatic heterocycles. The molecule has 1 atom stereocenters. The summed E-state index contributed by atoms with van der Waals surface area (Å²) in [6.45, 7) is 11.2. The average Bonchev–Trinajstić information content (AvgIpc) is 2.69. The minimum atomic E-state index is -0.0799. The summed E-state index contributed by atoms with van der Waals surface area (Å²) in [7, 11) is 2.28. The molecule has 2 rings (SSSR count). The van der Waals surface area contributed by atoms with Gasteiger partial charge < -0.3 is 9.47 Å². The second-order valence-corrected chi connectivity index (χ2v) is 9.72. The Bertz CT molecular complexity index is 776. The lowest BCUT2D eigenvalue weighted by Gasteiger charge is -2.34. The molecule has 0 amide bonds. The van der Waals surface area contributed by atoms with E-state index in [0.29, 0.717) is 8.58 Å². The zero-order chi connectivity index (χ0) is 20.6. The number of hydrogen-bond acceptors (Lipinski definition) is 3. The SMILES string of the molecule is CCC(CC)(Pc1ccccc1/C=N/C(C)(C)C)c1ccccc1OCOC. The largest absolute Gasteiger partial charge is 0.467 e. The highest BCUT2D eigenvalue weighted by atomic mass is 31.1. The maximum atomic E-state index is 5.91. The molecular formula is C24H34NO2P. The van der Waals surface area contributed by atoms with E-state index in [1.54, 1.807) is 7.11 Å². The molecular weight excluding hydrogens is 365 g/mol. The van der Waals surface area contributed by atoms with Crippen molar-refractivity contribution in [2.24, 2.45) is 4.99 Å². The molecule has 0 saturated heterocycles. The first-order chi connectivity index (χ1) is 13.3. The quantitative estimate of drug-likeness (QED) is 0.298. The standard InChI is InChI=1S/C24H34NO2P/c1-7-24(8-2,20-14-10-11-15-21(20)27-18-26-6)28-22-16-12-9-13-19(22)17-25-23(3,4)5/h9-17,28H,7-8,18H2,1-6H3/b25-17+. The van der Waals surface area contributed by atoms with Gasteiger partial charge in [-0.25, -0.2) is 0 Å². The second kappa shape index (κ2) is 10.2. The van der Waals surface area contributed by atoms with E-state index in [0.717, 1.165) is 18.6 Å². The van der Waals surface area contributed by atoms with E-state index in [1.165, 1.54) is 16.4 Å². The van der Waals surface area contributed by atoms with Crippen molar-refractivity contribution in [2.45, 2.75) is 58.2 Å². The molecule has 2 aromatic rings. The molecule has 4 heteroatoms. The highest BCUT2D eigenvalue weighted by molar-refractivity contribution is 7.48. The summed E-state index contributed by atoms with van der Waals surface area (Å²) in [4.78, 5) is 4.74. The summed E-state index contributed by atoms with van der Waals surface area (Å²) in [5.74, 6) is 0.918. The Labute approximate surface area is 172 Å². The number of aliphatic imine (C=N–C) groups is 1. The van der Waals surface area contributed by atoms with Crippen molar-refractivity contribution in [3.05, 3.63) is 59.7 Å². The number of para-hydroxylation sites is 1. The lowest BCUT2D eigenvalue weighted by atomic mass is 9.92. The van der Waals surface area contributed by atoms with Gasteiger partial charge in [-0.3, -0.25) is 4.99 Å². The Morgan fingerprint density at radius 3 is 2.25 bits per heavy atom. The zero-order valence-corrected chi connectivity index (χ0v) is 19.1. The van der Waals surface area contributed by atoms with Crippen molar-refractivity contribution in [2.75, 3.05) is 13.9 Å².